The van der Waals surface area contributed by atoms with E-state index in [1.165, 1.54) is 22.8 Å². The average molecular weight is 461 g/mol. The maximum Gasteiger partial charge on any atom is 0.263 e. The first kappa shape index (κ1) is 22.3. The van der Waals surface area contributed by atoms with Crippen LogP contribution in [-0.4, -0.2) is 22.6 Å². The SMILES string of the molecule is [C-]#[N+]c1ccc(-c2nc(N3CCC(C)CC3)c(C)c(=O)n2-c2ccc(C3CC3)c(F)c2)cc1F. The zero-order chi connectivity index (χ0) is 24.0. The number of benzene rings is 2. The number of anilines is 1. The molecule has 174 valence electrons. The topological polar surface area (TPSA) is 42.5 Å². The second-order valence-corrected chi connectivity index (χ2v) is 9.45. The molecular weight excluding hydrogens is 434 g/mol. The molecule has 1 saturated carbocycles. The van der Waals surface area contributed by atoms with E-state index in [0.717, 1.165) is 38.8 Å². The number of hydrogen-bond acceptors (Lipinski definition) is 3. The third kappa shape index (κ3) is 3.98. The highest BCUT2D eigenvalue weighted by molar-refractivity contribution is 5.66. The van der Waals surface area contributed by atoms with Gasteiger partial charge < -0.3 is 4.90 Å². The molecule has 7 heteroatoms. The molecule has 0 unspecified atom stereocenters. The van der Waals surface area contributed by atoms with Gasteiger partial charge in [-0.25, -0.2) is 18.6 Å². The Hall–Kier alpha value is -3.53. The lowest BCUT2D eigenvalue weighted by Crippen LogP contribution is -2.36. The molecule has 2 fully saturated rings. The Morgan fingerprint density at radius 2 is 1.76 bits per heavy atom. The van der Waals surface area contributed by atoms with Crippen LogP contribution in [0.25, 0.3) is 21.9 Å². The summed E-state index contributed by atoms with van der Waals surface area (Å²) in [6.45, 7) is 12.7. The molecular formula is C27H26F2N4O. The minimum Gasteiger partial charge on any atom is -0.356 e. The van der Waals surface area contributed by atoms with Gasteiger partial charge in [-0.15, -0.1) is 0 Å². The van der Waals surface area contributed by atoms with Crippen molar-refractivity contribution in [2.75, 3.05) is 18.0 Å². The van der Waals surface area contributed by atoms with Gasteiger partial charge in [0.25, 0.3) is 5.56 Å². The quantitative estimate of drug-likeness (QED) is 0.439. The maximum absolute atomic E-state index is 14.9. The highest BCUT2D eigenvalue weighted by atomic mass is 19.1. The van der Waals surface area contributed by atoms with Crippen molar-refractivity contribution >= 4 is 11.5 Å². The Morgan fingerprint density at radius 1 is 1.03 bits per heavy atom. The van der Waals surface area contributed by atoms with Gasteiger partial charge in [0.15, 0.2) is 0 Å². The van der Waals surface area contributed by atoms with Crippen LogP contribution in [-0.2, 0) is 0 Å². The summed E-state index contributed by atoms with van der Waals surface area (Å²) >= 11 is 0. The van der Waals surface area contributed by atoms with Crippen LogP contribution < -0.4 is 10.5 Å². The minimum atomic E-state index is -0.683. The Kier molecular flexibility index (Phi) is 5.68. The zero-order valence-electron chi connectivity index (χ0n) is 19.3. The lowest BCUT2D eigenvalue weighted by Gasteiger charge is -2.32. The van der Waals surface area contributed by atoms with Crippen LogP contribution in [0.3, 0.4) is 0 Å². The fourth-order valence-corrected chi connectivity index (χ4v) is 4.67. The number of halogens is 2. The molecule has 1 saturated heterocycles. The van der Waals surface area contributed by atoms with E-state index in [-0.39, 0.29) is 28.8 Å². The maximum atomic E-state index is 14.9. The van der Waals surface area contributed by atoms with Crippen LogP contribution in [0, 0.1) is 31.0 Å². The number of aromatic nitrogens is 2. The standard InChI is InChI=1S/C27H26F2N4O/c1-16-10-12-32(13-11-16)25-17(2)27(34)33(20-7-8-21(18-4-5-18)22(28)15-20)26(31-25)19-6-9-24(30-3)23(29)14-19/h6-9,14-16,18H,4-5,10-13H2,1-2H3. The summed E-state index contributed by atoms with van der Waals surface area (Å²) in [7, 11) is 0. The second-order valence-electron chi connectivity index (χ2n) is 9.45. The largest absolute Gasteiger partial charge is 0.356 e. The fourth-order valence-electron chi connectivity index (χ4n) is 4.67. The van der Waals surface area contributed by atoms with Crippen LogP contribution in [0.1, 0.15) is 49.7 Å². The molecule has 5 nitrogen and oxygen atoms in total. The van der Waals surface area contributed by atoms with Crippen molar-refractivity contribution in [1.29, 1.82) is 0 Å². The number of rotatable bonds is 4. The Labute approximate surface area is 197 Å². The average Bonchev–Trinajstić information content (AvgIpc) is 3.66. The van der Waals surface area contributed by atoms with Gasteiger partial charge in [0, 0.05) is 18.7 Å². The van der Waals surface area contributed by atoms with Gasteiger partial charge in [-0.05, 0) is 68.2 Å². The smallest absolute Gasteiger partial charge is 0.263 e. The zero-order valence-corrected chi connectivity index (χ0v) is 19.3. The van der Waals surface area contributed by atoms with Gasteiger partial charge >= 0.3 is 0 Å². The molecule has 0 spiro atoms. The summed E-state index contributed by atoms with van der Waals surface area (Å²) in [6.07, 6.45) is 3.94. The van der Waals surface area contributed by atoms with Gasteiger partial charge in [0.1, 0.15) is 23.3 Å². The summed E-state index contributed by atoms with van der Waals surface area (Å²) < 4.78 is 30.8. The molecule has 1 aromatic heterocycles. The number of nitrogens with zero attached hydrogens (tertiary/aromatic N) is 4. The second kappa shape index (κ2) is 8.68. The van der Waals surface area contributed by atoms with Crippen molar-refractivity contribution in [3.05, 3.63) is 80.9 Å². The van der Waals surface area contributed by atoms with E-state index in [0.29, 0.717) is 34.1 Å². The van der Waals surface area contributed by atoms with E-state index in [1.807, 2.05) is 0 Å². The van der Waals surface area contributed by atoms with Crippen molar-refractivity contribution in [2.24, 2.45) is 5.92 Å². The van der Waals surface area contributed by atoms with Gasteiger partial charge in [0.05, 0.1) is 17.8 Å². The van der Waals surface area contributed by atoms with E-state index >= 15 is 0 Å². The van der Waals surface area contributed by atoms with Crippen LogP contribution >= 0.6 is 0 Å². The van der Waals surface area contributed by atoms with Gasteiger partial charge in [-0.1, -0.05) is 25.1 Å². The third-order valence-electron chi connectivity index (χ3n) is 6.95. The summed E-state index contributed by atoms with van der Waals surface area (Å²) in [4.78, 5) is 23.8. The minimum absolute atomic E-state index is 0.102. The van der Waals surface area contributed by atoms with E-state index in [4.69, 9.17) is 11.6 Å². The van der Waals surface area contributed by atoms with E-state index in [2.05, 4.69) is 16.7 Å². The summed E-state index contributed by atoms with van der Waals surface area (Å²) in [5, 5.41) is 0. The van der Waals surface area contributed by atoms with Crippen molar-refractivity contribution in [2.45, 2.75) is 45.4 Å². The first-order valence-electron chi connectivity index (χ1n) is 11.7. The molecule has 2 aromatic carbocycles. The fraction of sp³-hybridized carbons (Fsp3) is 0.370. The highest BCUT2D eigenvalue weighted by Crippen LogP contribution is 2.41. The molecule has 1 aliphatic carbocycles. The summed E-state index contributed by atoms with van der Waals surface area (Å²) in [6, 6.07) is 9.02. The predicted octanol–water partition coefficient (Wildman–Crippen LogP) is 6.15. The molecule has 0 N–H and O–H groups in total. The summed E-state index contributed by atoms with van der Waals surface area (Å²) in [5.41, 5.74) is 1.44. The number of hydrogen-bond donors (Lipinski definition) is 0. The Bertz CT molecular complexity index is 1360. The Morgan fingerprint density at radius 3 is 2.38 bits per heavy atom. The van der Waals surface area contributed by atoms with Gasteiger partial charge in [0.2, 0.25) is 5.69 Å². The normalized spacial score (nSPS) is 16.5. The molecule has 5 rings (SSSR count). The van der Waals surface area contributed by atoms with Crippen molar-refractivity contribution in [3.63, 3.8) is 0 Å². The molecule has 0 bridgehead atoms. The van der Waals surface area contributed by atoms with Crippen LogP contribution in [0.5, 0.6) is 0 Å². The monoisotopic (exact) mass is 460 g/mol. The third-order valence-corrected chi connectivity index (χ3v) is 6.95. The molecule has 0 radical (unpaired) electrons. The van der Waals surface area contributed by atoms with Crippen LogP contribution in [0.2, 0.25) is 0 Å². The lowest BCUT2D eigenvalue weighted by atomic mass is 9.99. The van der Waals surface area contributed by atoms with Gasteiger partial charge in [-0.2, -0.15) is 0 Å². The molecule has 34 heavy (non-hydrogen) atoms. The van der Waals surface area contributed by atoms with E-state index < -0.39 is 5.82 Å². The van der Waals surface area contributed by atoms with Crippen molar-refractivity contribution < 1.29 is 8.78 Å². The molecule has 2 aliphatic rings. The highest BCUT2D eigenvalue weighted by Gasteiger charge is 2.28. The summed E-state index contributed by atoms with van der Waals surface area (Å²) in [5.74, 6) is 0.631. The molecule has 0 atom stereocenters. The van der Waals surface area contributed by atoms with Crippen LogP contribution in [0.4, 0.5) is 20.3 Å². The van der Waals surface area contributed by atoms with Crippen molar-refractivity contribution in [3.8, 4) is 17.1 Å². The Balaban J connectivity index is 1.71. The molecule has 1 aliphatic heterocycles. The molecule has 0 amide bonds. The predicted molar refractivity (Wildman–Crippen MR) is 129 cm³/mol. The lowest BCUT2D eigenvalue weighted by molar-refractivity contribution is 0.436. The van der Waals surface area contributed by atoms with Crippen molar-refractivity contribution in [1.82, 2.24) is 9.55 Å². The first-order chi connectivity index (χ1) is 16.4. The number of piperidine rings is 1. The van der Waals surface area contributed by atoms with E-state index in [9.17, 15) is 13.6 Å². The van der Waals surface area contributed by atoms with Crippen LogP contribution in [0.15, 0.2) is 41.2 Å². The van der Waals surface area contributed by atoms with E-state index in [1.54, 1.807) is 25.1 Å². The van der Waals surface area contributed by atoms with Gasteiger partial charge in [-0.3, -0.25) is 9.36 Å². The first-order valence-corrected chi connectivity index (χ1v) is 11.7. The molecule has 2 heterocycles. The molecule has 3 aromatic rings.